The molecule has 1 nitrogen and oxygen atoms in total. The van der Waals surface area contributed by atoms with Crippen molar-refractivity contribution in [3.8, 4) is 11.8 Å². The molecule has 0 radical (unpaired) electrons. The minimum Gasteiger partial charge on any atom is -0.204 e. The Morgan fingerprint density at radius 2 is 1.35 bits per heavy atom. The Kier molecular flexibility index (Phi) is 6.21. The standard InChI is InChI=1S/C25H21N/c1-2-3-6-17-23-18-11-12-19-25(23)26-20-24(21-13-7-4-8-14-21)22-15-9-5-10-16-22/h4-5,7-16,18-19H,2-3H2,1H3. The van der Waals surface area contributed by atoms with Gasteiger partial charge in [0.15, 0.2) is 0 Å². The Morgan fingerprint density at radius 3 is 1.96 bits per heavy atom. The van der Waals surface area contributed by atoms with E-state index in [1.165, 1.54) is 0 Å². The molecule has 0 spiro atoms. The molecule has 0 saturated carbocycles. The van der Waals surface area contributed by atoms with Crippen LogP contribution in [0, 0.1) is 11.8 Å². The zero-order chi connectivity index (χ0) is 18.0. The summed E-state index contributed by atoms with van der Waals surface area (Å²) in [4.78, 5) is 4.65. The number of aliphatic imine (C=N–C) groups is 1. The zero-order valence-corrected chi connectivity index (χ0v) is 14.9. The van der Waals surface area contributed by atoms with Gasteiger partial charge in [-0.15, -0.1) is 0 Å². The predicted molar refractivity (Wildman–Crippen MR) is 111 cm³/mol. The maximum Gasteiger partial charge on any atom is 0.0886 e. The fraction of sp³-hybridized carbons (Fsp3) is 0.120. The Hall–Kier alpha value is -3.33. The minimum atomic E-state index is 0.848. The van der Waals surface area contributed by atoms with Crippen molar-refractivity contribution in [1.29, 1.82) is 0 Å². The summed E-state index contributed by atoms with van der Waals surface area (Å²) < 4.78 is 0. The van der Waals surface area contributed by atoms with E-state index in [9.17, 15) is 0 Å². The molecular weight excluding hydrogens is 314 g/mol. The predicted octanol–water partition coefficient (Wildman–Crippen LogP) is 6.27. The van der Waals surface area contributed by atoms with Gasteiger partial charge in [0.05, 0.1) is 16.8 Å². The fourth-order valence-electron chi connectivity index (χ4n) is 2.58. The highest BCUT2D eigenvalue weighted by atomic mass is 14.7. The lowest BCUT2D eigenvalue weighted by atomic mass is 9.99. The van der Waals surface area contributed by atoms with Crippen LogP contribution in [0.2, 0.25) is 0 Å². The molecule has 3 rings (SSSR count). The molecular formula is C25H21N. The lowest BCUT2D eigenvalue weighted by Gasteiger charge is -2.04. The van der Waals surface area contributed by atoms with Crippen LogP contribution in [-0.2, 0) is 0 Å². The Balaban J connectivity index is 2.09. The molecule has 0 unspecified atom stereocenters. The van der Waals surface area contributed by atoms with Crippen LogP contribution in [0.15, 0.2) is 89.9 Å². The van der Waals surface area contributed by atoms with Crippen LogP contribution in [0.25, 0.3) is 5.57 Å². The zero-order valence-electron chi connectivity index (χ0n) is 14.9. The summed E-state index contributed by atoms with van der Waals surface area (Å²) in [6.45, 7) is 2.13. The van der Waals surface area contributed by atoms with Crippen molar-refractivity contribution in [2.45, 2.75) is 19.8 Å². The second-order valence-electron chi connectivity index (χ2n) is 5.90. The average Bonchev–Trinajstić information content (AvgIpc) is 2.71. The van der Waals surface area contributed by atoms with E-state index in [0.29, 0.717) is 0 Å². The Labute approximate surface area is 155 Å². The van der Waals surface area contributed by atoms with Crippen LogP contribution in [0.5, 0.6) is 0 Å². The van der Waals surface area contributed by atoms with Gasteiger partial charge >= 0.3 is 0 Å². The van der Waals surface area contributed by atoms with E-state index in [4.69, 9.17) is 0 Å². The molecule has 0 bridgehead atoms. The molecule has 1 heteroatoms. The van der Waals surface area contributed by atoms with E-state index in [1.54, 1.807) is 0 Å². The lowest BCUT2D eigenvalue weighted by molar-refractivity contribution is 0.983. The summed E-state index contributed by atoms with van der Waals surface area (Å²) in [5, 5.41) is 0. The van der Waals surface area contributed by atoms with Gasteiger partial charge < -0.3 is 0 Å². The first-order chi connectivity index (χ1) is 12.9. The smallest absolute Gasteiger partial charge is 0.0886 e. The third-order valence-corrected chi connectivity index (χ3v) is 3.92. The van der Waals surface area contributed by atoms with Gasteiger partial charge in [0, 0.05) is 6.42 Å². The maximum atomic E-state index is 4.65. The normalized spacial score (nSPS) is 9.58. The van der Waals surface area contributed by atoms with Crippen molar-refractivity contribution < 1.29 is 0 Å². The van der Waals surface area contributed by atoms with Crippen molar-refractivity contribution >= 4 is 17.1 Å². The fourth-order valence-corrected chi connectivity index (χ4v) is 2.58. The molecule has 0 atom stereocenters. The summed E-state index contributed by atoms with van der Waals surface area (Å²) in [6.07, 6.45) is 1.96. The van der Waals surface area contributed by atoms with Gasteiger partial charge in [-0.05, 0) is 35.6 Å². The van der Waals surface area contributed by atoms with Gasteiger partial charge in [0.1, 0.15) is 0 Å². The number of para-hydroxylation sites is 1. The van der Waals surface area contributed by atoms with E-state index < -0.39 is 0 Å². The second-order valence-corrected chi connectivity index (χ2v) is 5.90. The molecule has 0 aliphatic heterocycles. The van der Waals surface area contributed by atoms with E-state index >= 15 is 0 Å². The van der Waals surface area contributed by atoms with Gasteiger partial charge in [0.25, 0.3) is 0 Å². The Bertz CT molecular complexity index is 925. The summed E-state index contributed by atoms with van der Waals surface area (Å²) in [7, 11) is 0. The molecule has 0 N–H and O–H groups in total. The summed E-state index contributed by atoms with van der Waals surface area (Å²) in [5.41, 5.74) is 4.95. The van der Waals surface area contributed by atoms with Gasteiger partial charge in [-0.3, -0.25) is 0 Å². The van der Waals surface area contributed by atoms with Crippen LogP contribution >= 0.6 is 0 Å². The molecule has 0 aromatic heterocycles. The average molecular weight is 335 g/mol. The SMILES string of the molecule is CCCC#Cc1ccccc1N=C=C(c1ccccc1)c1ccccc1. The topological polar surface area (TPSA) is 12.4 Å². The highest BCUT2D eigenvalue weighted by Crippen LogP contribution is 2.22. The number of benzene rings is 3. The molecule has 0 fully saturated rings. The van der Waals surface area contributed by atoms with Crippen LogP contribution in [0.1, 0.15) is 36.5 Å². The molecule has 0 amide bonds. The molecule has 0 aliphatic carbocycles. The second kappa shape index (κ2) is 9.23. The van der Waals surface area contributed by atoms with E-state index in [1.807, 2.05) is 60.7 Å². The molecule has 3 aromatic carbocycles. The van der Waals surface area contributed by atoms with Crippen LogP contribution in [0.4, 0.5) is 5.69 Å². The van der Waals surface area contributed by atoms with Crippen molar-refractivity contribution in [3.63, 3.8) is 0 Å². The number of hydrogen-bond donors (Lipinski definition) is 0. The van der Waals surface area contributed by atoms with Crippen molar-refractivity contribution in [2.24, 2.45) is 4.99 Å². The number of unbranched alkanes of at least 4 members (excludes halogenated alkanes) is 1. The first kappa shape index (κ1) is 17.5. The van der Waals surface area contributed by atoms with Gasteiger partial charge in [-0.25, -0.2) is 4.99 Å². The Morgan fingerprint density at radius 1 is 0.769 bits per heavy atom. The van der Waals surface area contributed by atoms with E-state index in [2.05, 4.69) is 53.9 Å². The first-order valence-electron chi connectivity index (χ1n) is 8.91. The van der Waals surface area contributed by atoms with Crippen molar-refractivity contribution in [2.75, 3.05) is 0 Å². The van der Waals surface area contributed by atoms with E-state index in [-0.39, 0.29) is 0 Å². The molecule has 126 valence electrons. The van der Waals surface area contributed by atoms with Gasteiger partial charge in [-0.2, -0.15) is 0 Å². The molecule has 0 saturated heterocycles. The number of hydrogen-bond acceptors (Lipinski definition) is 1. The number of rotatable bonds is 4. The quantitative estimate of drug-likeness (QED) is 0.393. The van der Waals surface area contributed by atoms with Crippen LogP contribution < -0.4 is 0 Å². The monoisotopic (exact) mass is 335 g/mol. The lowest BCUT2D eigenvalue weighted by Crippen LogP contribution is -1.88. The molecule has 0 heterocycles. The molecule has 0 aliphatic rings. The maximum absolute atomic E-state index is 4.65. The van der Waals surface area contributed by atoms with Crippen molar-refractivity contribution in [3.05, 3.63) is 102 Å². The minimum absolute atomic E-state index is 0.848. The summed E-state index contributed by atoms with van der Waals surface area (Å²) >= 11 is 0. The largest absolute Gasteiger partial charge is 0.204 e. The molecule has 3 aromatic rings. The number of nitrogens with zero attached hydrogens (tertiary/aromatic N) is 1. The van der Waals surface area contributed by atoms with Crippen LogP contribution in [-0.4, -0.2) is 5.87 Å². The third-order valence-electron chi connectivity index (χ3n) is 3.92. The van der Waals surface area contributed by atoms with E-state index in [0.717, 1.165) is 40.8 Å². The molecule has 26 heavy (non-hydrogen) atoms. The highest BCUT2D eigenvalue weighted by Gasteiger charge is 2.04. The third kappa shape index (κ3) is 4.61. The highest BCUT2D eigenvalue weighted by molar-refractivity contribution is 5.99. The van der Waals surface area contributed by atoms with Crippen LogP contribution in [0.3, 0.4) is 0 Å². The van der Waals surface area contributed by atoms with Gasteiger partial charge in [0.2, 0.25) is 0 Å². The van der Waals surface area contributed by atoms with Crippen molar-refractivity contribution in [1.82, 2.24) is 0 Å². The summed E-state index contributed by atoms with van der Waals surface area (Å²) in [6, 6.07) is 28.5. The van der Waals surface area contributed by atoms with Gasteiger partial charge in [-0.1, -0.05) is 91.6 Å². The first-order valence-corrected chi connectivity index (χ1v) is 8.91. The summed E-state index contributed by atoms with van der Waals surface area (Å²) in [5.74, 6) is 9.70.